The number of thiophene rings is 1. The molecular formula is C19H17BrN2O2S. The number of carbonyl (C=O) groups excluding carboxylic acids is 2. The Kier molecular flexibility index (Phi) is 4.48. The quantitative estimate of drug-likeness (QED) is 0.634. The zero-order valence-corrected chi connectivity index (χ0v) is 16.0. The predicted molar refractivity (Wildman–Crippen MR) is 103 cm³/mol. The van der Waals surface area contributed by atoms with Gasteiger partial charge in [-0.3, -0.25) is 9.59 Å². The second-order valence-corrected chi connectivity index (χ2v) is 8.10. The van der Waals surface area contributed by atoms with Crippen LogP contribution in [0.1, 0.15) is 33.8 Å². The summed E-state index contributed by atoms with van der Waals surface area (Å²) in [6.45, 7) is 1.31. The summed E-state index contributed by atoms with van der Waals surface area (Å²) in [5.74, 6) is 0.108. The molecule has 0 unspecified atom stereocenters. The highest BCUT2D eigenvalue weighted by atomic mass is 79.9. The van der Waals surface area contributed by atoms with Crippen LogP contribution in [0.4, 0.5) is 0 Å². The molecule has 4 rings (SSSR count). The van der Waals surface area contributed by atoms with Crippen LogP contribution in [0.3, 0.4) is 0 Å². The van der Waals surface area contributed by atoms with Crippen molar-refractivity contribution in [2.45, 2.75) is 25.8 Å². The van der Waals surface area contributed by atoms with Crippen LogP contribution < -0.4 is 0 Å². The third-order valence-corrected chi connectivity index (χ3v) is 6.06. The summed E-state index contributed by atoms with van der Waals surface area (Å²) in [6, 6.07) is 9.85. The Morgan fingerprint density at radius 1 is 1.24 bits per heavy atom. The second kappa shape index (κ2) is 6.77. The maximum atomic E-state index is 12.6. The zero-order chi connectivity index (χ0) is 17.4. The van der Waals surface area contributed by atoms with Gasteiger partial charge in [-0.25, -0.2) is 0 Å². The summed E-state index contributed by atoms with van der Waals surface area (Å²) < 4.78 is 1.03. The fourth-order valence-corrected chi connectivity index (χ4v) is 4.39. The number of rotatable bonds is 4. The first kappa shape index (κ1) is 16.5. The van der Waals surface area contributed by atoms with Gasteiger partial charge in [0.2, 0.25) is 5.91 Å². The minimum Gasteiger partial charge on any atom is -0.358 e. The van der Waals surface area contributed by atoms with Crippen LogP contribution in [0.5, 0.6) is 0 Å². The van der Waals surface area contributed by atoms with Gasteiger partial charge in [-0.1, -0.05) is 22.0 Å². The molecular weight excluding hydrogens is 400 g/mol. The molecule has 0 spiro atoms. The smallest absolute Gasteiger partial charge is 0.223 e. The largest absolute Gasteiger partial charge is 0.358 e. The van der Waals surface area contributed by atoms with Crippen molar-refractivity contribution in [3.8, 4) is 0 Å². The van der Waals surface area contributed by atoms with E-state index in [0.29, 0.717) is 13.1 Å². The molecule has 0 radical (unpaired) electrons. The molecule has 6 heteroatoms. The van der Waals surface area contributed by atoms with Crippen LogP contribution in [0.25, 0.3) is 10.9 Å². The van der Waals surface area contributed by atoms with Crippen LogP contribution in [-0.4, -0.2) is 28.1 Å². The number of aromatic nitrogens is 1. The Bertz CT molecular complexity index is 946. The van der Waals surface area contributed by atoms with Crippen LogP contribution in [-0.2, 0) is 17.8 Å². The number of H-pyrrole nitrogens is 1. The lowest BCUT2D eigenvalue weighted by Crippen LogP contribution is -2.35. The van der Waals surface area contributed by atoms with E-state index in [9.17, 15) is 9.59 Å². The van der Waals surface area contributed by atoms with Crippen LogP contribution in [0.2, 0.25) is 0 Å². The molecule has 0 atom stereocenters. The van der Waals surface area contributed by atoms with Crippen LogP contribution >= 0.6 is 27.3 Å². The van der Waals surface area contributed by atoms with E-state index in [0.717, 1.165) is 26.7 Å². The van der Waals surface area contributed by atoms with Crippen molar-refractivity contribution in [3.05, 3.63) is 56.3 Å². The average Bonchev–Trinajstić information content (AvgIpc) is 3.26. The highest BCUT2D eigenvalue weighted by Gasteiger charge is 2.24. The Hall–Kier alpha value is -1.92. The monoisotopic (exact) mass is 416 g/mol. The van der Waals surface area contributed by atoms with Crippen molar-refractivity contribution in [1.29, 1.82) is 0 Å². The minimum absolute atomic E-state index is 0.0528. The van der Waals surface area contributed by atoms with Gasteiger partial charge in [-0.15, -0.1) is 11.3 Å². The standard InChI is InChI=1S/C19H17BrN2O2S/c20-12-3-4-15-13(10-12)14-11-22(8-7-16(14)21-15)19(24)6-5-17(23)18-2-1-9-25-18/h1-4,9-10,21H,5-8,11H2. The van der Waals surface area contributed by atoms with E-state index in [1.807, 2.05) is 28.5 Å². The molecule has 3 aromatic rings. The molecule has 2 aromatic heterocycles. The fraction of sp³-hybridized carbons (Fsp3) is 0.263. The molecule has 3 heterocycles. The Morgan fingerprint density at radius 3 is 2.92 bits per heavy atom. The van der Waals surface area contributed by atoms with Crippen LogP contribution in [0, 0.1) is 0 Å². The van der Waals surface area contributed by atoms with Gasteiger partial charge in [0.1, 0.15) is 0 Å². The van der Waals surface area contributed by atoms with E-state index in [-0.39, 0.29) is 24.5 Å². The fourth-order valence-electron chi connectivity index (χ4n) is 3.34. The number of ketones is 1. The number of benzene rings is 1. The number of hydrogen-bond acceptors (Lipinski definition) is 3. The number of fused-ring (bicyclic) bond motifs is 3. The zero-order valence-electron chi connectivity index (χ0n) is 13.5. The molecule has 4 nitrogen and oxygen atoms in total. The topological polar surface area (TPSA) is 53.2 Å². The van der Waals surface area contributed by atoms with Crippen LogP contribution in [0.15, 0.2) is 40.2 Å². The maximum Gasteiger partial charge on any atom is 0.223 e. The molecule has 0 saturated heterocycles. The van der Waals surface area contributed by atoms with Gasteiger partial charge in [0, 0.05) is 59.0 Å². The van der Waals surface area contributed by atoms with Gasteiger partial charge < -0.3 is 9.88 Å². The van der Waals surface area contributed by atoms with E-state index >= 15 is 0 Å². The summed E-state index contributed by atoms with van der Waals surface area (Å²) in [5.41, 5.74) is 3.52. The van der Waals surface area contributed by atoms with Gasteiger partial charge >= 0.3 is 0 Å². The van der Waals surface area contributed by atoms with Crippen molar-refractivity contribution in [2.75, 3.05) is 6.54 Å². The summed E-state index contributed by atoms with van der Waals surface area (Å²) >= 11 is 4.95. The maximum absolute atomic E-state index is 12.6. The van der Waals surface area contributed by atoms with Crippen molar-refractivity contribution in [3.63, 3.8) is 0 Å². The van der Waals surface area contributed by atoms with E-state index in [4.69, 9.17) is 0 Å². The summed E-state index contributed by atoms with van der Waals surface area (Å²) in [6.07, 6.45) is 1.38. The molecule has 1 aromatic carbocycles. The first-order valence-electron chi connectivity index (χ1n) is 8.25. The van der Waals surface area contributed by atoms with E-state index in [2.05, 4.69) is 33.0 Å². The number of carbonyl (C=O) groups is 2. The number of halogens is 1. The molecule has 128 valence electrons. The SMILES string of the molecule is O=C(CCC(=O)N1CCc2[nH]c3ccc(Br)cc3c2C1)c1cccs1. The lowest BCUT2D eigenvalue weighted by atomic mass is 10.0. The van der Waals surface area contributed by atoms with Crippen molar-refractivity contribution < 1.29 is 9.59 Å². The highest BCUT2D eigenvalue weighted by molar-refractivity contribution is 9.10. The number of hydrogen-bond donors (Lipinski definition) is 1. The number of amides is 1. The number of aromatic amines is 1. The summed E-state index contributed by atoms with van der Waals surface area (Å²) in [5, 5.41) is 3.05. The van der Waals surface area contributed by atoms with Crippen molar-refractivity contribution in [2.24, 2.45) is 0 Å². The van der Waals surface area contributed by atoms with Crippen molar-refractivity contribution in [1.82, 2.24) is 9.88 Å². The second-order valence-electron chi connectivity index (χ2n) is 6.24. The number of nitrogens with one attached hydrogen (secondary N) is 1. The molecule has 25 heavy (non-hydrogen) atoms. The molecule has 0 fully saturated rings. The van der Waals surface area contributed by atoms with Gasteiger partial charge in [-0.2, -0.15) is 0 Å². The van der Waals surface area contributed by atoms with Gasteiger partial charge in [0.25, 0.3) is 0 Å². The predicted octanol–water partition coefficient (Wildman–Crippen LogP) is 4.54. The minimum atomic E-state index is 0.0528. The molecule has 1 N–H and O–H groups in total. The first-order valence-corrected chi connectivity index (χ1v) is 9.92. The van der Waals surface area contributed by atoms with Gasteiger partial charge in [0.05, 0.1) is 4.88 Å². The molecule has 0 bridgehead atoms. The van der Waals surface area contributed by atoms with E-state index < -0.39 is 0 Å². The molecule has 0 aliphatic carbocycles. The average molecular weight is 417 g/mol. The number of Topliss-reactive ketones (excluding diaryl/α,β-unsaturated/α-hetero) is 1. The Labute approximate surface area is 158 Å². The highest BCUT2D eigenvalue weighted by Crippen LogP contribution is 2.30. The van der Waals surface area contributed by atoms with Gasteiger partial charge in [0.15, 0.2) is 5.78 Å². The van der Waals surface area contributed by atoms with Gasteiger partial charge in [-0.05, 0) is 29.6 Å². The normalized spacial score (nSPS) is 13.9. The Balaban J connectivity index is 1.46. The first-order chi connectivity index (χ1) is 12.1. The summed E-state index contributed by atoms with van der Waals surface area (Å²) in [4.78, 5) is 30.7. The molecule has 1 aliphatic heterocycles. The lowest BCUT2D eigenvalue weighted by molar-refractivity contribution is -0.132. The molecule has 1 amide bonds. The van der Waals surface area contributed by atoms with Crippen molar-refractivity contribution >= 4 is 49.9 Å². The third kappa shape index (κ3) is 3.28. The Morgan fingerprint density at radius 2 is 2.12 bits per heavy atom. The number of nitrogens with zero attached hydrogens (tertiary/aromatic N) is 1. The van der Waals surface area contributed by atoms with E-state index in [1.165, 1.54) is 22.6 Å². The third-order valence-electron chi connectivity index (χ3n) is 4.65. The van der Waals surface area contributed by atoms with E-state index in [1.54, 1.807) is 0 Å². The molecule has 0 saturated carbocycles. The lowest BCUT2D eigenvalue weighted by Gasteiger charge is -2.27. The molecule has 1 aliphatic rings. The summed E-state index contributed by atoms with van der Waals surface area (Å²) in [7, 11) is 0.